The maximum absolute atomic E-state index is 3.06. The Morgan fingerprint density at radius 1 is 1.07 bits per heavy atom. The van der Waals surface area contributed by atoms with E-state index in [4.69, 9.17) is 0 Å². The molecule has 0 N–H and O–H groups in total. The predicted octanol–water partition coefficient (Wildman–Crippen LogP) is 3.50. The van der Waals surface area contributed by atoms with Crippen molar-refractivity contribution < 1.29 is 0 Å². The van der Waals surface area contributed by atoms with Crippen molar-refractivity contribution in [2.75, 3.05) is 18.0 Å². The molecule has 0 aliphatic heterocycles. The van der Waals surface area contributed by atoms with Crippen LogP contribution >= 0.6 is 0 Å². The van der Waals surface area contributed by atoms with Crippen molar-refractivity contribution in [1.82, 2.24) is 0 Å². The van der Waals surface area contributed by atoms with Crippen LogP contribution in [-0.4, -0.2) is 13.1 Å². The summed E-state index contributed by atoms with van der Waals surface area (Å²) in [6.45, 7) is 6.80. The molecule has 0 unspecified atom stereocenters. The maximum Gasteiger partial charge on any atom is 0.0366 e. The number of benzene rings is 1. The molecule has 14 heavy (non-hydrogen) atoms. The van der Waals surface area contributed by atoms with E-state index in [-0.39, 0.29) is 0 Å². The van der Waals surface area contributed by atoms with Crippen LogP contribution in [-0.2, 0) is 0 Å². The second-order valence-electron chi connectivity index (χ2n) is 3.60. The zero-order valence-electron chi connectivity index (χ0n) is 9.29. The first kappa shape index (κ1) is 11.1. The third-order valence-corrected chi connectivity index (χ3v) is 2.34. The molecule has 1 aromatic rings. The second-order valence-corrected chi connectivity index (χ2v) is 3.60. The molecule has 1 rings (SSSR count). The first-order valence-electron chi connectivity index (χ1n) is 5.59. The lowest BCUT2D eigenvalue weighted by molar-refractivity contribution is 0.704. The lowest BCUT2D eigenvalue weighted by atomic mass is 10.2. The Hall–Kier alpha value is -0.980. The molecule has 0 saturated carbocycles. The van der Waals surface area contributed by atoms with Gasteiger partial charge in [-0.1, -0.05) is 32.4 Å². The number of rotatable bonds is 6. The molecule has 1 aromatic carbocycles. The van der Waals surface area contributed by atoms with Gasteiger partial charge in [0.2, 0.25) is 0 Å². The first-order chi connectivity index (χ1) is 6.88. The summed E-state index contributed by atoms with van der Waals surface area (Å²) in [5.41, 5.74) is 1.33. The average Bonchev–Trinajstić information content (AvgIpc) is 2.25. The van der Waals surface area contributed by atoms with Gasteiger partial charge in [0, 0.05) is 18.8 Å². The van der Waals surface area contributed by atoms with Gasteiger partial charge in [-0.15, -0.1) is 0 Å². The van der Waals surface area contributed by atoms with Crippen LogP contribution in [0, 0.1) is 6.07 Å². The Morgan fingerprint density at radius 2 is 1.79 bits per heavy atom. The van der Waals surface area contributed by atoms with Gasteiger partial charge in [0.15, 0.2) is 0 Å². The molecule has 0 aromatic heterocycles. The minimum atomic E-state index is 1.16. The van der Waals surface area contributed by atoms with Crippen LogP contribution in [0.5, 0.6) is 0 Å². The predicted molar refractivity (Wildman–Crippen MR) is 62.7 cm³/mol. The van der Waals surface area contributed by atoms with Gasteiger partial charge in [-0.25, -0.2) is 0 Å². The zero-order valence-corrected chi connectivity index (χ0v) is 9.29. The van der Waals surface area contributed by atoms with Crippen molar-refractivity contribution in [3.63, 3.8) is 0 Å². The summed E-state index contributed by atoms with van der Waals surface area (Å²) in [7, 11) is 0. The Bertz CT molecular complexity index is 230. The number of unbranched alkanes of at least 4 members (excludes halogenated alkanes) is 1. The van der Waals surface area contributed by atoms with Gasteiger partial charge < -0.3 is 4.90 Å². The van der Waals surface area contributed by atoms with E-state index in [1.165, 1.54) is 31.5 Å². The van der Waals surface area contributed by atoms with E-state index < -0.39 is 0 Å². The van der Waals surface area contributed by atoms with E-state index in [1.54, 1.807) is 0 Å². The Morgan fingerprint density at radius 3 is 2.36 bits per heavy atom. The molecule has 77 valence electrons. The first-order valence-corrected chi connectivity index (χ1v) is 5.59. The van der Waals surface area contributed by atoms with E-state index in [9.17, 15) is 0 Å². The van der Waals surface area contributed by atoms with Gasteiger partial charge in [-0.2, -0.15) is 0 Å². The maximum atomic E-state index is 3.06. The number of hydrogen-bond donors (Lipinski definition) is 0. The van der Waals surface area contributed by atoms with Crippen molar-refractivity contribution in [2.24, 2.45) is 0 Å². The number of nitrogens with zero attached hydrogens (tertiary/aromatic N) is 1. The van der Waals surface area contributed by atoms with Crippen LogP contribution in [0.2, 0.25) is 0 Å². The molecule has 0 aliphatic carbocycles. The van der Waals surface area contributed by atoms with Gasteiger partial charge in [-0.05, 0) is 31.0 Å². The minimum Gasteiger partial charge on any atom is -0.372 e. The monoisotopic (exact) mass is 190 g/mol. The molecule has 1 radical (unpaired) electrons. The molecule has 0 spiro atoms. The molecular weight excluding hydrogens is 170 g/mol. The molecule has 0 aliphatic rings. The third kappa shape index (κ3) is 3.41. The molecule has 0 fully saturated rings. The molecule has 1 nitrogen and oxygen atoms in total. The molecule has 1 heteroatoms. The van der Waals surface area contributed by atoms with Crippen LogP contribution in [0.3, 0.4) is 0 Å². The highest BCUT2D eigenvalue weighted by Crippen LogP contribution is 2.13. The number of anilines is 1. The molecule has 0 atom stereocenters. The topological polar surface area (TPSA) is 3.24 Å². The van der Waals surface area contributed by atoms with Gasteiger partial charge in [0.05, 0.1) is 0 Å². The van der Waals surface area contributed by atoms with Crippen molar-refractivity contribution in [1.29, 1.82) is 0 Å². The van der Waals surface area contributed by atoms with E-state index in [1.807, 2.05) is 12.1 Å². The van der Waals surface area contributed by atoms with Gasteiger partial charge in [0.25, 0.3) is 0 Å². The highest BCUT2D eigenvalue weighted by Gasteiger charge is 2.02. The Balaban J connectivity index is 2.58. The minimum absolute atomic E-state index is 1.16. The SMILES string of the molecule is CCCCN(CCC)c1cc[c]cc1. The van der Waals surface area contributed by atoms with E-state index in [2.05, 4.69) is 36.9 Å². The summed E-state index contributed by atoms with van der Waals surface area (Å²) in [6.07, 6.45) is 3.75. The highest BCUT2D eigenvalue weighted by atomic mass is 15.1. The second kappa shape index (κ2) is 6.47. The fraction of sp³-hybridized carbons (Fsp3) is 0.538. The number of hydrogen-bond acceptors (Lipinski definition) is 1. The van der Waals surface area contributed by atoms with Crippen LogP contribution < -0.4 is 4.90 Å². The van der Waals surface area contributed by atoms with Crippen LogP contribution in [0.4, 0.5) is 5.69 Å². The van der Waals surface area contributed by atoms with Crippen molar-refractivity contribution >= 4 is 5.69 Å². The standard InChI is InChI=1S/C13H20N/c1-3-5-12-14(11-4-2)13-9-7-6-8-10-13/h7-10H,3-5,11-12H2,1-2H3. The zero-order chi connectivity index (χ0) is 10.2. The van der Waals surface area contributed by atoms with Crippen molar-refractivity contribution in [3.05, 3.63) is 30.3 Å². The summed E-state index contributed by atoms with van der Waals surface area (Å²) < 4.78 is 0. The Labute approximate surface area is 87.7 Å². The highest BCUT2D eigenvalue weighted by molar-refractivity contribution is 5.45. The van der Waals surface area contributed by atoms with E-state index >= 15 is 0 Å². The smallest absolute Gasteiger partial charge is 0.0366 e. The molecule has 0 heterocycles. The summed E-state index contributed by atoms with van der Waals surface area (Å²) in [6, 6.07) is 11.3. The van der Waals surface area contributed by atoms with E-state index in [0.29, 0.717) is 0 Å². The lowest BCUT2D eigenvalue weighted by Crippen LogP contribution is -2.24. The molecule has 0 saturated heterocycles. The largest absolute Gasteiger partial charge is 0.372 e. The quantitative estimate of drug-likeness (QED) is 0.663. The van der Waals surface area contributed by atoms with Gasteiger partial charge in [0.1, 0.15) is 0 Å². The average molecular weight is 190 g/mol. The fourth-order valence-electron chi connectivity index (χ4n) is 1.58. The summed E-state index contributed by atoms with van der Waals surface area (Å²) in [4.78, 5) is 2.46. The van der Waals surface area contributed by atoms with Crippen molar-refractivity contribution in [2.45, 2.75) is 33.1 Å². The third-order valence-electron chi connectivity index (χ3n) is 2.34. The summed E-state index contributed by atoms with van der Waals surface area (Å²) in [5, 5.41) is 0. The van der Waals surface area contributed by atoms with Gasteiger partial charge in [-0.3, -0.25) is 0 Å². The molecule has 0 bridgehead atoms. The molecule has 0 amide bonds. The van der Waals surface area contributed by atoms with Crippen LogP contribution in [0.15, 0.2) is 24.3 Å². The van der Waals surface area contributed by atoms with E-state index in [0.717, 1.165) is 6.54 Å². The van der Waals surface area contributed by atoms with Crippen LogP contribution in [0.25, 0.3) is 0 Å². The summed E-state index contributed by atoms with van der Waals surface area (Å²) in [5.74, 6) is 0. The Kier molecular flexibility index (Phi) is 5.13. The van der Waals surface area contributed by atoms with Crippen molar-refractivity contribution in [3.8, 4) is 0 Å². The summed E-state index contributed by atoms with van der Waals surface area (Å²) >= 11 is 0. The normalized spacial score (nSPS) is 10.1. The fourth-order valence-corrected chi connectivity index (χ4v) is 1.58. The van der Waals surface area contributed by atoms with Gasteiger partial charge >= 0.3 is 0 Å². The molecular formula is C13H20N. The lowest BCUT2D eigenvalue weighted by Gasteiger charge is -2.23. The van der Waals surface area contributed by atoms with Crippen LogP contribution in [0.1, 0.15) is 33.1 Å².